The van der Waals surface area contributed by atoms with Gasteiger partial charge < -0.3 is 10.1 Å². The van der Waals surface area contributed by atoms with Crippen LogP contribution in [0.5, 0.6) is 11.5 Å². The van der Waals surface area contributed by atoms with Crippen LogP contribution in [0.4, 0.5) is 5.69 Å². The Morgan fingerprint density at radius 3 is 2.19 bits per heavy atom. The Bertz CT molecular complexity index is 820. The molecule has 0 spiro atoms. The zero-order chi connectivity index (χ0) is 19.2. The highest BCUT2D eigenvalue weighted by atomic mass is 32.2. The Kier molecular flexibility index (Phi) is 6.63. The van der Waals surface area contributed by atoms with Crippen LogP contribution in [0.3, 0.4) is 0 Å². The molecular weight excluding hydrogens is 352 g/mol. The lowest BCUT2D eigenvalue weighted by molar-refractivity contribution is -0.120. The second kappa shape index (κ2) is 8.71. The molecule has 1 N–H and O–H groups in total. The van der Waals surface area contributed by atoms with Crippen LogP contribution in [0.1, 0.15) is 20.3 Å². The largest absolute Gasteiger partial charge is 0.457 e. The van der Waals surface area contributed by atoms with Crippen LogP contribution in [0.15, 0.2) is 54.6 Å². The van der Waals surface area contributed by atoms with Crippen molar-refractivity contribution in [1.29, 1.82) is 0 Å². The van der Waals surface area contributed by atoms with Crippen molar-refractivity contribution in [2.75, 3.05) is 17.1 Å². The first-order valence-corrected chi connectivity index (χ1v) is 10.2. The SMILES string of the molecule is CC[C@@H](C)NC(=O)CN(c1ccc(Oc2ccccc2)cc1)S(C)(=O)=O. The number of amides is 1. The third-order valence-corrected chi connectivity index (χ3v) is 4.95. The first-order chi connectivity index (χ1) is 12.3. The molecule has 2 rings (SSSR count). The van der Waals surface area contributed by atoms with E-state index in [2.05, 4.69) is 5.32 Å². The summed E-state index contributed by atoms with van der Waals surface area (Å²) in [5.41, 5.74) is 0.409. The Labute approximate surface area is 154 Å². The van der Waals surface area contributed by atoms with E-state index in [1.807, 2.05) is 44.2 Å². The predicted molar refractivity (Wildman–Crippen MR) is 103 cm³/mol. The monoisotopic (exact) mass is 376 g/mol. The fraction of sp³-hybridized carbons (Fsp3) is 0.316. The second-order valence-electron chi connectivity index (χ2n) is 6.06. The molecule has 0 saturated heterocycles. The number of benzene rings is 2. The summed E-state index contributed by atoms with van der Waals surface area (Å²) >= 11 is 0. The van der Waals surface area contributed by atoms with Crippen molar-refractivity contribution < 1.29 is 17.9 Å². The number of nitrogens with zero attached hydrogens (tertiary/aromatic N) is 1. The molecule has 6 nitrogen and oxygen atoms in total. The average molecular weight is 376 g/mol. The van der Waals surface area contributed by atoms with Crippen LogP contribution in [0, 0.1) is 0 Å². The fourth-order valence-corrected chi connectivity index (χ4v) is 3.11. The maximum atomic E-state index is 12.1. The molecule has 0 unspecified atom stereocenters. The summed E-state index contributed by atoms with van der Waals surface area (Å²) < 4.78 is 31.0. The number of ether oxygens (including phenoxy) is 1. The molecule has 7 heteroatoms. The third-order valence-electron chi connectivity index (χ3n) is 3.81. The topological polar surface area (TPSA) is 75.7 Å². The molecule has 0 heterocycles. The molecule has 0 radical (unpaired) electrons. The summed E-state index contributed by atoms with van der Waals surface area (Å²) in [6, 6.07) is 15.9. The number of para-hydroxylation sites is 1. The van der Waals surface area contributed by atoms with Crippen LogP contribution in [-0.2, 0) is 14.8 Å². The third kappa shape index (κ3) is 5.77. The van der Waals surface area contributed by atoms with Crippen molar-refractivity contribution in [3.63, 3.8) is 0 Å². The van der Waals surface area contributed by atoms with Gasteiger partial charge in [-0.3, -0.25) is 9.10 Å². The maximum Gasteiger partial charge on any atom is 0.240 e. The van der Waals surface area contributed by atoms with Crippen molar-refractivity contribution in [3.05, 3.63) is 54.6 Å². The molecule has 0 aromatic heterocycles. The minimum atomic E-state index is -3.60. The lowest BCUT2D eigenvalue weighted by atomic mass is 10.2. The average Bonchev–Trinajstić information content (AvgIpc) is 2.60. The van der Waals surface area contributed by atoms with Crippen LogP contribution in [0.2, 0.25) is 0 Å². The van der Waals surface area contributed by atoms with E-state index in [9.17, 15) is 13.2 Å². The lowest BCUT2D eigenvalue weighted by Crippen LogP contribution is -2.43. The molecular formula is C19H24N2O4S. The van der Waals surface area contributed by atoms with E-state index in [0.29, 0.717) is 17.2 Å². The zero-order valence-corrected chi connectivity index (χ0v) is 16.0. The number of nitrogens with one attached hydrogen (secondary N) is 1. The Balaban J connectivity index is 2.14. The highest BCUT2D eigenvalue weighted by Gasteiger charge is 2.21. The van der Waals surface area contributed by atoms with Crippen molar-refractivity contribution in [2.24, 2.45) is 0 Å². The quantitative estimate of drug-likeness (QED) is 0.768. The van der Waals surface area contributed by atoms with Crippen LogP contribution in [0.25, 0.3) is 0 Å². The van der Waals surface area contributed by atoms with Crippen LogP contribution in [-0.4, -0.2) is 33.2 Å². The zero-order valence-electron chi connectivity index (χ0n) is 15.2. The van der Waals surface area contributed by atoms with Gasteiger partial charge in [0, 0.05) is 6.04 Å². The van der Waals surface area contributed by atoms with Gasteiger partial charge in [0.25, 0.3) is 0 Å². The summed E-state index contributed by atoms with van der Waals surface area (Å²) in [5.74, 6) is 0.931. The van der Waals surface area contributed by atoms with E-state index in [1.54, 1.807) is 24.3 Å². The van der Waals surface area contributed by atoms with Gasteiger partial charge in [0.1, 0.15) is 18.0 Å². The first-order valence-electron chi connectivity index (χ1n) is 8.39. The molecule has 2 aromatic rings. The van der Waals surface area contributed by atoms with E-state index in [4.69, 9.17) is 4.74 Å². The predicted octanol–water partition coefficient (Wildman–Crippen LogP) is 3.16. The van der Waals surface area contributed by atoms with Crippen molar-refractivity contribution in [1.82, 2.24) is 5.32 Å². The van der Waals surface area contributed by atoms with Crippen LogP contribution < -0.4 is 14.4 Å². The van der Waals surface area contributed by atoms with E-state index in [0.717, 1.165) is 17.0 Å². The second-order valence-corrected chi connectivity index (χ2v) is 7.96. The minimum Gasteiger partial charge on any atom is -0.457 e. The van der Waals surface area contributed by atoms with Crippen LogP contribution >= 0.6 is 0 Å². The van der Waals surface area contributed by atoms with Gasteiger partial charge in [0.05, 0.1) is 11.9 Å². The summed E-state index contributed by atoms with van der Waals surface area (Å²) in [6.07, 6.45) is 1.86. The van der Waals surface area contributed by atoms with Crippen molar-refractivity contribution in [3.8, 4) is 11.5 Å². The van der Waals surface area contributed by atoms with Gasteiger partial charge >= 0.3 is 0 Å². The molecule has 0 saturated carbocycles. The number of anilines is 1. The lowest BCUT2D eigenvalue weighted by Gasteiger charge is -2.23. The molecule has 0 aliphatic carbocycles. The van der Waals surface area contributed by atoms with Gasteiger partial charge in [-0.05, 0) is 49.7 Å². The van der Waals surface area contributed by atoms with Gasteiger partial charge in [-0.2, -0.15) is 0 Å². The molecule has 2 aromatic carbocycles. The summed E-state index contributed by atoms with van der Waals surface area (Å²) in [4.78, 5) is 12.1. The van der Waals surface area contributed by atoms with Crippen molar-refractivity contribution in [2.45, 2.75) is 26.3 Å². The standard InChI is InChI=1S/C19H24N2O4S/c1-4-15(2)20-19(22)14-21(26(3,23)24)16-10-12-18(13-11-16)25-17-8-6-5-7-9-17/h5-13,15H,4,14H2,1-3H3,(H,20,22)/t15-/m1/s1. The highest BCUT2D eigenvalue weighted by molar-refractivity contribution is 7.92. The molecule has 26 heavy (non-hydrogen) atoms. The van der Waals surface area contributed by atoms with Crippen molar-refractivity contribution >= 4 is 21.6 Å². The summed E-state index contributed by atoms with van der Waals surface area (Å²) in [6.45, 7) is 3.56. The first kappa shape index (κ1) is 19.8. The molecule has 1 atom stereocenters. The summed E-state index contributed by atoms with van der Waals surface area (Å²) in [7, 11) is -3.60. The fourth-order valence-electron chi connectivity index (χ4n) is 2.26. The van der Waals surface area contributed by atoms with Gasteiger partial charge in [-0.1, -0.05) is 25.1 Å². The molecule has 1 amide bonds. The molecule has 0 fully saturated rings. The maximum absolute atomic E-state index is 12.1. The van der Waals surface area contributed by atoms with Gasteiger partial charge in [-0.25, -0.2) is 8.42 Å². The Morgan fingerprint density at radius 1 is 1.08 bits per heavy atom. The number of carbonyl (C=O) groups excluding carboxylic acids is 1. The smallest absolute Gasteiger partial charge is 0.240 e. The normalized spacial score (nSPS) is 12.3. The van der Waals surface area contributed by atoms with Gasteiger partial charge in [0.15, 0.2) is 0 Å². The number of hydrogen-bond donors (Lipinski definition) is 1. The summed E-state index contributed by atoms with van der Waals surface area (Å²) in [5, 5.41) is 2.78. The molecule has 0 bridgehead atoms. The molecule has 0 aliphatic heterocycles. The van der Waals surface area contributed by atoms with E-state index >= 15 is 0 Å². The Morgan fingerprint density at radius 2 is 1.65 bits per heavy atom. The number of carbonyl (C=O) groups is 1. The Hall–Kier alpha value is -2.54. The van der Waals surface area contributed by atoms with Gasteiger partial charge in [0.2, 0.25) is 15.9 Å². The van der Waals surface area contributed by atoms with Gasteiger partial charge in [-0.15, -0.1) is 0 Å². The highest BCUT2D eigenvalue weighted by Crippen LogP contribution is 2.25. The van der Waals surface area contributed by atoms with E-state index in [1.165, 1.54) is 0 Å². The molecule has 0 aliphatic rings. The number of hydrogen-bond acceptors (Lipinski definition) is 4. The van der Waals surface area contributed by atoms with E-state index in [-0.39, 0.29) is 18.5 Å². The number of sulfonamides is 1. The van der Waals surface area contributed by atoms with E-state index < -0.39 is 10.0 Å². The minimum absolute atomic E-state index is 0.00874. The number of rotatable bonds is 8. The molecule has 140 valence electrons.